The fourth-order valence-corrected chi connectivity index (χ4v) is 2.68. The molecule has 1 aromatic heterocycles. The largest absolute Gasteiger partial charge is 0.494 e. The van der Waals surface area contributed by atoms with E-state index < -0.39 is 5.97 Å². The zero-order valence-corrected chi connectivity index (χ0v) is 12.0. The predicted octanol–water partition coefficient (Wildman–Crippen LogP) is 1.71. The summed E-state index contributed by atoms with van der Waals surface area (Å²) in [5.41, 5.74) is 0.465. The predicted molar refractivity (Wildman–Crippen MR) is 76.2 cm³/mol. The molecule has 0 aliphatic heterocycles. The van der Waals surface area contributed by atoms with Gasteiger partial charge in [0, 0.05) is 12.7 Å². The molecule has 2 rings (SSSR count). The molecule has 1 aromatic rings. The molecule has 0 bridgehead atoms. The normalized spacial score (nSPS) is 21.6. The third-order valence-electron chi connectivity index (χ3n) is 4.00. The lowest BCUT2D eigenvalue weighted by atomic mass is 9.82. The van der Waals surface area contributed by atoms with Gasteiger partial charge in [0.1, 0.15) is 5.75 Å². The maximum Gasteiger partial charge on any atom is 0.306 e. The molecule has 0 unspecified atom stereocenters. The second kappa shape index (κ2) is 7.06. The van der Waals surface area contributed by atoms with Gasteiger partial charge in [0.05, 0.1) is 24.8 Å². The van der Waals surface area contributed by atoms with E-state index in [-0.39, 0.29) is 11.8 Å². The average molecular weight is 292 g/mol. The molecule has 1 aliphatic carbocycles. The Balaban J connectivity index is 1.84. The van der Waals surface area contributed by atoms with E-state index in [0.717, 1.165) is 12.8 Å². The SMILES string of the molecule is COc1cnccc1C(=O)NCC1CCC(C(=O)O)CC1. The van der Waals surface area contributed by atoms with Crippen molar-refractivity contribution < 1.29 is 19.4 Å². The number of methoxy groups -OCH3 is 1. The maximum absolute atomic E-state index is 12.1. The van der Waals surface area contributed by atoms with Gasteiger partial charge in [0.2, 0.25) is 0 Å². The lowest BCUT2D eigenvalue weighted by molar-refractivity contribution is -0.143. The van der Waals surface area contributed by atoms with E-state index in [2.05, 4.69) is 10.3 Å². The van der Waals surface area contributed by atoms with Crippen LogP contribution < -0.4 is 10.1 Å². The number of aliphatic carboxylic acids is 1. The van der Waals surface area contributed by atoms with Crippen LogP contribution in [-0.2, 0) is 4.79 Å². The van der Waals surface area contributed by atoms with Crippen molar-refractivity contribution in [2.45, 2.75) is 25.7 Å². The summed E-state index contributed by atoms with van der Waals surface area (Å²) in [5.74, 6) is -0.326. The lowest BCUT2D eigenvalue weighted by Crippen LogP contribution is -2.32. The van der Waals surface area contributed by atoms with E-state index in [0.29, 0.717) is 36.6 Å². The van der Waals surface area contributed by atoms with Crippen molar-refractivity contribution in [1.82, 2.24) is 10.3 Å². The quantitative estimate of drug-likeness (QED) is 0.862. The Labute approximate surface area is 123 Å². The van der Waals surface area contributed by atoms with Crippen LogP contribution in [0.2, 0.25) is 0 Å². The summed E-state index contributed by atoms with van der Waals surface area (Å²) in [7, 11) is 1.50. The highest BCUT2D eigenvalue weighted by atomic mass is 16.5. The molecule has 0 aromatic carbocycles. The van der Waals surface area contributed by atoms with Gasteiger partial charge >= 0.3 is 5.97 Å². The minimum atomic E-state index is -0.709. The molecule has 6 nitrogen and oxygen atoms in total. The average Bonchev–Trinajstić information content (AvgIpc) is 2.52. The molecular weight excluding hydrogens is 272 g/mol. The summed E-state index contributed by atoms with van der Waals surface area (Å²) < 4.78 is 5.11. The number of nitrogens with zero attached hydrogens (tertiary/aromatic N) is 1. The first-order valence-corrected chi connectivity index (χ1v) is 7.10. The Morgan fingerprint density at radius 1 is 1.38 bits per heavy atom. The van der Waals surface area contributed by atoms with Crippen molar-refractivity contribution >= 4 is 11.9 Å². The number of hydrogen-bond acceptors (Lipinski definition) is 4. The smallest absolute Gasteiger partial charge is 0.306 e. The van der Waals surface area contributed by atoms with Crippen LogP contribution >= 0.6 is 0 Å². The van der Waals surface area contributed by atoms with Crippen molar-refractivity contribution in [3.63, 3.8) is 0 Å². The summed E-state index contributed by atoms with van der Waals surface area (Å²) in [6, 6.07) is 1.62. The van der Waals surface area contributed by atoms with E-state index >= 15 is 0 Å². The number of amides is 1. The number of ether oxygens (including phenoxy) is 1. The highest BCUT2D eigenvalue weighted by Gasteiger charge is 2.26. The first kappa shape index (κ1) is 15.3. The van der Waals surface area contributed by atoms with Gasteiger partial charge in [-0.15, -0.1) is 0 Å². The van der Waals surface area contributed by atoms with Crippen LogP contribution in [0.4, 0.5) is 0 Å². The molecule has 0 spiro atoms. The molecular formula is C15H20N2O4. The number of carbonyl (C=O) groups is 2. The zero-order valence-electron chi connectivity index (χ0n) is 12.0. The van der Waals surface area contributed by atoms with Crippen molar-refractivity contribution in [1.29, 1.82) is 0 Å². The van der Waals surface area contributed by atoms with Crippen LogP contribution in [0.1, 0.15) is 36.0 Å². The monoisotopic (exact) mass is 292 g/mol. The molecule has 114 valence electrons. The van der Waals surface area contributed by atoms with Gasteiger partial charge < -0.3 is 15.2 Å². The van der Waals surface area contributed by atoms with Crippen LogP contribution in [0.25, 0.3) is 0 Å². The molecule has 0 radical (unpaired) electrons. The zero-order chi connectivity index (χ0) is 15.2. The van der Waals surface area contributed by atoms with Gasteiger partial charge in [-0.25, -0.2) is 0 Å². The fourth-order valence-electron chi connectivity index (χ4n) is 2.68. The summed E-state index contributed by atoms with van der Waals surface area (Å²) in [6.45, 7) is 0.566. The van der Waals surface area contributed by atoms with Gasteiger partial charge in [0.25, 0.3) is 5.91 Å². The Morgan fingerprint density at radius 2 is 2.10 bits per heavy atom. The van der Waals surface area contributed by atoms with Gasteiger partial charge in [-0.1, -0.05) is 0 Å². The molecule has 0 atom stereocenters. The molecule has 0 saturated heterocycles. The van der Waals surface area contributed by atoms with Crippen molar-refractivity contribution in [2.24, 2.45) is 11.8 Å². The minimum absolute atomic E-state index is 0.186. The molecule has 1 heterocycles. The Kier molecular flexibility index (Phi) is 5.14. The van der Waals surface area contributed by atoms with Gasteiger partial charge in [-0.05, 0) is 37.7 Å². The molecule has 2 N–H and O–H groups in total. The second-order valence-electron chi connectivity index (χ2n) is 5.34. The number of carboxylic acid groups (broad SMARTS) is 1. The second-order valence-corrected chi connectivity index (χ2v) is 5.34. The maximum atomic E-state index is 12.1. The van der Waals surface area contributed by atoms with Crippen molar-refractivity contribution in [2.75, 3.05) is 13.7 Å². The molecule has 1 amide bonds. The summed E-state index contributed by atoms with van der Waals surface area (Å²) >= 11 is 0. The van der Waals surface area contributed by atoms with Gasteiger partial charge in [-0.2, -0.15) is 0 Å². The number of pyridine rings is 1. The number of nitrogens with one attached hydrogen (secondary N) is 1. The minimum Gasteiger partial charge on any atom is -0.494 e. The summed E-state index contributed by atoms with van der Waals surface area (Å²) in [6.07, 6.45) is 6.11. The molecule has 21 heavy (non-hydrogen) atoms. The van der Waals surface area contributed by atoms with Crippen LogP contribution in [0.5, 0.6) is 5.75 Å². The van der Waals surface area contributed by atoms with Crippen LogP contribution in [-0.4, -0.2) is 35.6 Å². The summed E-state index contributed by atoms with van der Waals surface area (Å²) in [4.78, 5) is 26.9. The van der Waals surface area contributed by atoms with E-state index in [1.807, 2.05) is 0 Å². The first-order chi connectivity index (χ1) is 10.1. The van der Waals surface area contributed by atoms with E-state index in [1.54, 1.807) is 12.3 Å². The number of carbonyl (C=O) groups excluding carboxylic acids is 1. The van der Waals surface area contributed by atoms with E-state index in [4.69, 9.17) is 9.84 Å². The Hall–Kier alpha value is -2.11. The third kappa shape index (κ3) is 3.93. The fraction of sp³-hybridized carbons (Fsp3) is 0.533. The third-order valence-corrected chi connectivity index (χ3v) is 4.00. The molecule has 1 aliphatic rings. The highest BCUT2D eigenvalue weighted by molar-refractivity contribution is 5.96. The van der Waals surface area contributed by atoms with Crippen LogP contribution in [0, 0.1) is 11.8 Å². The number of hydrogen-bond donors (Lipinski definition) is 2. The van der Waals surface area contributed by atoms with Crippen molar-refractivity contribution in [3.8, 4) is 5.75 Å². The number of carboxylic acids is 1. The Morgan fingerprint density at radius 3 is 2.71 bits per heavy atom. The number of rotatable bonds is 5. The summed E-state index contributed by atoms with van der Waals surface area (Å²) in [5, 5.41) is 11.9. The number of aromatic nitrogens is 1. The van der Waals surface area contributed by atoms with Gasteiger partial charge in [0.15, 0.2) is 0 Å². The van der Waals surface area contributed by atoms with Gasteiger partial charge in [-0.3, -0.25) is 14.6 Å². The first-order valence-electron chi connectivity index (χ1n) is 7.10. The van der Waals surface area contributed by atoms with Crippen molar-refractivity contribution in [3.05, 3.63) is 24.0 Å². The molecule has 6 heteroatoms. The standard InChI is InChI=1S/C15H20N2O4/c1-21-13-9-16-7-6-12(13)14(18)17-8-10-2-4-11(5-3-10)15(19)20/h6-7,9-11H,2-5,8H2,1H3,(H,17,18)(H,19,20). The molecule has 1 fully saturated rings. The van der Waals surface area contributed by atoms with E-state index in [9.17, 15) is 9.59 Å². The van der Waals surface area contributed by atoms with E-state index in [1.165, 1.54) is 13.3 Å². The Bertz CT molecular complexity index is 510. The van der Waals surface area contributed by atoms with Crippen LogP contribution in [0.3, 0.4) is 0 Å². The molecule has 1 saturated carbocycles. The van der Waals surface area contributed by atoms with Crippen LogP contribution in [0.15, 0.2) is 18.5 Å². The highest BCUT2D eigenvalue weighted by Crippen LogP contribution is 2.28. The topological polar surface area (TPSA) is 88.5 Å². The lowest BCUT2D eigenvalue weighted by Gasteiger charge is -2.26.